The van der Waals surface area contributed by atoms with E-state index in [1.807, 2.05) is 19.9 Å². The fourth-order valence-electron chi connectivity index (χ4n) is 1.10. The molecule has 0 spiro atoms. The second-order valence-electron chi connectivity index (χ2n) is 3.40. The number of phenols is 1. The first-order valence-electron chi connectivity index (χ1n) is 4.72. The third-order valence-corrected chi connectivity index (χ3v) is 1.98. The SMILES string of the molecule is C=C(CC)COc1cc(C)cc(O)c1. The molecule has 0 fully saturated rings. The predicted molar refractivity (Wildman–Crippen MR) is 57.8 cm³/mol. The van der Waals surface area contributed by atoms with Gasteiger partial charge in [0, 0.05) is 6.07 Å². The summed E-state index contributed by atoms with van der Waals surface area (Å²) in [5, 5.41) is 9.31. The molecular weight excluding hydrogens is 176 g/mol. The molecule has 0 aliphatic rings. The minimum absolute atomic E-state index is 0.238. The van der Waals surface area contributed by atoms with E-state index in [0.29, 0.717) is 12.4 Å². The fourth-order valence-corrected chi connectivity index (χ4v) is 1.10. The largest absolute Gasteiger partial charge is 0.508 e. The topological polar surface area (TPSA) is 29.5 Å². The van der Waals surface area contributed by atoms with Crippen LogP contribution in [0.5, 0.6) is 11.5 Å². The third-order valence-electron chi connectivity index (χ3n) is 1.98. The number of benzene rings is 1. The molecule has 1 rings (SSSR count). The average Bonchev–Trinajstić information content (AvgIpc) is 2.12. The maximum absolute atomic E-state index is 9.31. The van der Waals surface area contributed by atoms with E-state index < -0.39 is 0 Å². The van der Waals surface area contributed by atoms with E-state index in [1.165, 1.54) is 0 Å². The molecule has 0 saturated carbocycles. The molecule has 0 unspecified atom stereocenters. The van der Waals surface area contributed by atoms with Gasteiger partial charge in [0.05, 0.1) is 0 Å². The van der Waals surface area contributed by atoms with Gasteiger partial charge in [-0.15, -0.1) is 0 Å². The molecule has 0 bridgehead atoms. The lowest BCUT2D eigenvalue weighted by molar-refractivity contribution is 0.346. The summed E-state index contributed by atoms with van der Waals surface area (Å²) in [6, 6.07) is 5.19. The van der Waals surface area contributed by atoms with E-state index in [0.717, 1.165) is 17.6 Å². The first-order chi connectivity index (χ1) is 6.61. The highest BCUT2D eigenvalue weighted by Crippen LogP contribution is 2.21. The van der Waals surface area contributed by atoms with Gasteiger partial charge in [-0.2, -0.15) is 0 Å². The van der Waals surface area contributed by atoms with Crippen molar-refractivity contribution < 1.29 is 9.84 Å². The number of aromatic hydroxyl groups is 1. The number of rotatable bonds is 4. The highest BCUT2D eigenvalue weighted by atomic mass is 16.5. The molecule has 1 aromatic carbocycles. The van der Waals surface area contributed by atoms with E-state index in [9.17, 15) is 5.11 Å². The molecule has 0 amide bonds. The number of aryl methyl sites for hydroxylation is 1. The molecular formula is C12H16O2. The summed E-state index contributed by atoms with van der Waals surface area (Å²) in [6.07, 6.45) is 0.914. The maximum atomic E-state index is 9.31. The minimum atomic E-state index is 0.238. The van der Waals surface area contributed by atoms with Gasteiger partial charge in [-0.25, -0.2) is 0 Å². The molecule has 0 atom stereocenters. The predicted octanol–water partition coefficient (Wildman–Crippen LogP) is 3.05. The van der Waals surface area contributed by atoms with Crippen molar-refractivity contribution in [3.05, 3.63) is 35.9 Å². The van der Waals surface area contributed by atoms with Gasteiger partial charge in [-0.1, -0.05) is 13.5 Å². The summed E-state index contributed by atoms with van der Waals surface area (Å²) in [4.78, 5) is 0. The molecule has 0 aromatic heterocycles. The van der Waals surface area contributed by atoms with E-state index in [-0.39, 0.29) is 5.75 Å². The van der Waals surface area contributed by atoms with Crippen LogP contribution >= 0.6 is 0 Å². The van der Waals surface area contributed by atoms with Crippen LogP contribution in [0.25, 0.3) is 0 Å². The standard InChI is InChI=1S/C12H16O2/c1-4-9(2)8-14-12-6-10(3)5-11(13)7-12/h5-7,13H,2,4,8H2,1,3H3. The lowest BCUT2D eigenvalue weighted by Gasteiger charge is -2.08. The molecule has 0 radical (unpaired) electrons. The number of hydrogen-bond donors (Lipinski definition) is 1. The molecule has 1 N–H and O–H groups in total. The zero-order valence-corrected chi connectivity index (χ0v) is 8.71. The molecule has 1 aromatic rings. The Kier molecular flexibility index (Phi) is 3.57. The monoisotopic (exact) mass is 192 g/mol. The van der Waals surface area contributed by atoms with Crippen molar-refractivity contribution in [2.45, 2.75) is 20.3 Å². The Morgan fingerprint density at radius 3 is 2.71 bits per heavy atom. The van der Waals surface area contributed by atoms with Crippen molar-refractivity contribution in [3.63, 3.8) is 0 Å². The van der Waals surface area contributed by atoms with Gasteiger partial charge < -0.3 is 9.84 Å². The second kappa shape index (κ2) is 4.70. The van der Waals surface area contributed by atoms with Crippen LogP contribution in [-0.4, -0.2) is 11.7 Å². The summed E-state index contributed by atoms with van der Waals surface area (Å²) >= 11 is 0. The highest BCUT2D eigenvalue weighted by Gasteiger charge is 1.98. The van der Waals surface area contributed by atoms with Crippen molar-refractivity contribution in [1.29, 1.82) is 0 Å². The van der Waals surface area contributed by atoms with Crippen LogP contribution in [-0.2, 0) is 0 Å². The Labute approximate surface area is 84.8 Å². The van der Waals surface area contributed by atoms with Gasteiger partial charge >= 0.3 is 0 Å². The normalized spacial score (nSPS) is 9.86. The molecule has 0 heterocycles. The Morgan fingerprint density at radius 2 is 2.14 bits per heavy atom. The zero-order chi connectivity index (χ0) is 10.6. The zero-order valence-electron chi connectivity index (χ0n) is 8.71. The van der Waals surface area contributed by atoms with Crippen LogP contribution in [0, 0.1) is 6.92 Å². The Morgan fingerprint density at radius 1 is 1.43 bits per heavy atom. The summed E-state index contributed by atoms with van der Waals surface area (Å²) in [7, 11) is 0. The molecule has 0 saturated heterocycles. The number of phenolic OH excluding ortho intramolecular Hbond substituents is 1. The van der Waals surface area contributed by atoms with E-state index in [1.54, 1.807) is 12.1 Å². The first-order valence-corrected chi connectivity index (χ1v) is 4.72. The van der Waals surface area contributed by atoms with Crippen molar-refractivity contribution in [2.75, 3.05) is 6.61 Å². The summed E-state index contributed by atoms with van der Waals surface area (Å²) < 4.78 is 5.46. The Bertz CT molecular complexity index is 309. The molecule has 14 heavy (non-hydrogen) atoms. The smallest absolute Gasteiger partial charge is 0.123 e. The van der Waals surface area contributed by atoms with Gasteiger partial charge in [0.1, 0.15) is 18.1 Å². The van der Waals surface area contributed by atoms with Crippen LogP contribution in [0.15, 0.2) is 30.4 Å². The fraction of sp³-hybridized carbons (Fsp3) is 0.333. The van der Waals surface area contributed by atoms with Crippen molar-refractivity contribution in [3.8, 4) is 11.5 Å². The van der Waals surface area contributed by atoms with Gasteiger partial charge in [-0.3, -0.25) is 0 Å². The van der Waals surface area contributed by atoms with E-state index >= 15 is 0 Å². The Balaban J connectivity index is 2.63. The quantitative estimate of drug-likeness (QED) is 0.743. The molecule has 0 aliphatic heterocycles. The number of ether oxygens (including phenoxy) is 1. The van der Waals surface area contributed by atoms with Crippen LogP contribution in [0.3, 0.4) is 0 Å². The summed E-state index contributed by atoms with van der Waals surface area (Å²) in [6.45, 7) is 8.32. The van der Waals surface area contributed by atoms with Crippen molar-refractivity contribution in [1.82, 2.24) is 0 Å². The first kappa shape index (κ1) is 10.6. The molecule has 76 valence electrons. The number of hydrogen-bond acceptors (Lipinski definition) is 2. The third kappa shape index (κ3) is 3.13. The van der Waals surface area contributed by atoms with Crippen molar-refractivity contribution >= 4 is 0 Å². The summed E-state index contributed by atoms with van der Waals surface area (Å²) in [5.41, 5.74) is 2.04. The minimum Gasteiger partial charge on any atom is -0.508 e. The lowest BCUT2D eigenvalue weighted by Crippen LogP contribution is -1.99. The second-order valence-corrected chi connectivity index (χ2v) is 3.40. The Hall–Kier alpha value is -1.44. The van der Waals surface area contributed by atoms with Gasteiger partial charge in [-0.05, 0) is 36.6 Å². The highest BCUT2D eigenvalue weighted by molar-refractivity contribution is 5.36. The van der Waals surface area contributed by atoms with E-state index in [2.05, 4.69) is 6.58 Å². The van der Waals surface area contributed by atoms with Crippen LogP contribution in [0.2, 0.25) is 0 Å². The maximum Gasteiger partial charge on any atom is 0.123 e. The molecule has 2 heteroatoms. The van der Waals surface area contributed by atoms with E-state index in [4.69, 9.17) is 4.74 Å². The van der Waals surface area contributed by atoms with Crippen LogP contribution in [0.1, 0.15) is 18.9 Å². The summed E-state index contributed by atoms with van der Waals surface area (Å²) in [5.74, 6) is 0.930. The van der Waals surface area contributed by atoms with Gasteiger partial charge in [0.2, 0.25) is 0 Å². The lowest BCUT2D eigenvalue weighted by atomic mass is 10.2. The molecule has 0 aliphatic carbocycles. The molecule has 2 nitrogen and oxygen atoms in total. The van der Waals surface area contributed by atoms with Crippen LogP contribution < -0.4 is 4.74 Å². The van der Waals surface area contributed by atoms with Crippen LogP contribution in [0.4, 0.5) is 0 Å². The van der Waals surface area contributed by atoms with Crippen molar-refractivity contribution in [2.24, 2.45) is 0 Å². The van der Waals surface area contributed by atoms with Gasteiger partial charge in [0.25, 0.3) is 0 Å². The van der Waals surface area contributed by atoms with Gasteiger partial charge in [0.15, 0.2) is 0 Å². The average molecular weight is 192 g/mol.